The maximum atomic E-state index is 10.00. The summed E-state index contributed by atoms with van der Waals surface area (Å²) in [5.74, 6) is 0.820. The van der Waals surface area contributed by atoms with Gasteiger partial charge in [0.15, 0.2) is 0 Å². The first-order valence-electron chi connectivity index (χ1n) is 5.46. The summed E-state index contributed by atoms with van der Waals surface area (Å²) in [5.41, 5.74) is 9.04. The van der Waals surface area contributed by atoms with Crippen LogP contribution in [0.5, 0.6) is 11.5 Å². The van der Waals surface area contributed by atoms with Gasteiger partial charge in [-0.25, -0.2) is 0 Å². The molecule has 0 aliphatic carbocycles. The number of halogens is 1. The van der Waals surface area contributed by atoms with Crippen molar-refractivity contribution in [2.24, 2.45) is 0 Å². The largest absolute Gasteiger partial charge is 0.507 e. The van der Waals surface area contributed by atoms with Crippen LogP contribution < -0.4 is 10.5 Å². The van der Waals surface area contributed by atoms with Crippen LogP contribution >= 0.6 is 15.9 Å². The molecule has 0 aromatic heterocycles. The zero-order valence-corrected chi connectivity index (χ0v) is 11.8. The lowest BCUT2D eigenvalue weighted by Gasteiger charge is -2.14. The van der Waals surface area contributed by atoms with E-state index >= 15 is 0 Å². The molecular formula is C14H14BrNO2. The molecule has 0 bridgehead atoms. The van der Waals surface area contributed by atoms with Crippen LogP contribution in [0.4, 0.5) is 5.69 Å². The number of hydrogen-bond acceptors (Lipinski definition) is 3. The summed E-state index contributed by atoms with van der Waals surface area (Å²) < 4.78 is 6.10. The minimum atomic E-state index is 0.184. The molecule has 94 valence electrons. The van der Waals surface area contributed by atoms with Crippen LogP contribution in [0.3, 0.4) is 0 Å². The van der Waals surface area contributed by atoms with Gasteiger partial charge < -0.3 is 15.6 Å². The molecule has 18 heavy (non-hydrogen) atoms. The number of aryl methyl sites for hydroxylation is 1. The predicted molar refractivity (Wildman–Crippen MR) is 76.9 cm³/mol. The average molecular weight is 308 g/mol. The molecule has 2 rings (SSSR count). The fourth-order valence-corrected chi connectivity index (χ4v) is 2.20. The topological polar surface area (TPSA) is 55.5 Å². The Hall–Kier alpha value is -1.68. The Labute approximate surface area is 114 Å². The number of benzene rings is 2. The Morgan fingerprint density at radius 1 is 1.22 bits per heavy atom. The zero-order chi connectivity index (χ0) is 13.3. The molecule has 0 heterocycles. The first-order chi connectivity index (χ1) is 8.54. The normalized spacial score (nSPS) is 10.4. The number of hydrogen-bond donors (Lipinski definition) is 2. The van der Waals surface area contributed by atoms with Crippen molar-refractivity contribution in [3.05, 3.63) is 40.4 Å². The van der Waals surface area contributed by atoms with Crippen LogP contribution in [-0.4, -0.2) is 12.2 Å². The van der Waals surface area contributed by atoms with Gasteiger partial charge in [0.25, 0.3) is 0 Å². The molecule has 3 nitrogen and oxygen atoms in total. The minimum Gasteiger partial charge on any atom is -0.507 e. The van der Waals surface area contributed by atoms with Crippen molar-refractivity contribution >= 4 is 21.6 Å². The van der Waals surface area contributed by atoms with E-state index in [0.29, 0.717) is 22.6 Å². The van der Waals surface area contributed by atoms with E-state index in [4.69, 9.17) is 10.5 Å². The van der Waals surface area contributed by atoms with Gasteiger partial charge in [0.1, 0.15) is 11.5 Å². The van der Waals surface area contributed by atoms with Gasteiger partial charge in [-0.3, -0.25) is 0 Å². The summed E-state index contributed by atoms with van der Waals surface area (Å²) in [6.45, 7) is 1.96. The molecule has 0 unspecified atom stereocenters. The van der Waals surface area contributed by atoms with Crippen LogP contribution in [0.2, 0.25) is 0 Å². The van der Waals surface area contributed by atoms with Gasteiger partial charge in [-0.2, -0.15) is 0 Å². The SMILES string of the molecule is COc1ccc(Br)c(N)c1-c1cc(C)ccc1O. The third kappa shape index (κ3) is 2.16. The molecule has 0 saturated heterocycles. The number of aromatic hydroxyl groups is 1. The number of phenols is 1. The first kappa shape index (κ1) is 12.8. The Balaban J connectivity index is 2.77. The molecule has 2 aromatic carbocycles. The molecule has 0 aliphatic heterocycles. The van der Waals surface area contributed by atoms with Crippen LogP contribution in [0.15, 0.2) is 34.8 Å². The highest BCUT2D eigenvalue weighted by Gasteiger charge is 2.15. The second-order valence-corrected chi connectivity index (χ2v) is 4.91. The number of nitrogen functional groups attached to an aromatic ring is 1. The van der Waals surface area contributed by atoms with Crippen LogP contribution in [0, 0.1) is 6.92 Å². The second kappa shape index (κ2) is 4.90. The third-order valence-electron chi connectivity index (χ3n) is 2.80. The lowest BCUT2D eigenvalue weighted by atomic mass is 9.99. The molecule has 0 fully saturated rings. The van der Waals surface area contributed by atoms with Gasteiger partial charge in [0.05, 0.1) is 18.4 Å². The Bertz CT molecular complexity index is 597. The van der Waals surface area contributed by atoms with Gasteiger partial charge in [0.2, 0.25) is 0 Å². The Kier molecular flexibility index (Phi) is 3.48. The molecule has 3 N–H and O–H groups in total. The zero-order valence-electron chi connectivity index (χ0n) is 10.2. The summed E-state index contributed by atoms with van der Waals surface area (Å²) in [4.78, 5) is 0. The molecule has 0 radical (unpaired) electrons. The molecule has 0 aliphatic rings. The first-order valence-corrected chi connectivity index (χ1v) is 6.26. The van der Waals surface area contributed by atoms with Gasteiger partial charge >= 0.3 is 0 Å². The van der Waals surface area contributed by atoms with E-state index in [9.17, 15) is 5.11 Å². The summed E-state index contributed by atoms with van der Waals surface area (Å²) in [7, 11) is 1.58. The molecule has 0 amide bonds. The fraction of sp³-hybridized carbons (Fsp3) is 0.143. The van der Waals surface area contributed by atoms with Crippen molar-refractivity contribution in [3.8, 4) is 22.6 Å². The van der Waals surface area contributed by atoms with Crippen molar-refractivity contribution < 1.29 is 9.84 Å². The van der Waals surface area contributed by atoms with E-state index in [1.165, 1.54) is 0 Å². The highest BCUT2D eigenvalue weighted by Crippen LogP contribution is 2.43. The average Bonchev–Trinajstić information content (AvgIpc) is 2.36. The third-order valence-corrected chi connectivity index (χ3v) is 3.49. The quantitative estimate of drug-likeness (QED) is 0.831. The van der Waals surface area contributed by atoms with Crippen molar-refractivity contribution in [2.75, 3.05) is 12.8 Å². The number of anilines is 1. The van der Waals surface area contributed by atoms with Gasteiger partial charge in [-0.05, 0) is 47.1 Å². The number of nitrogens with two attached hydrogens (primary N) is 1. The smallest absolute Gasteiger partial charge is 0.128 e. The maximum Gasteiger partial charge on any atom is 0.128 e. The highest BCUT2D eigenvalue weighted by molar-refractivity contribution is 9.10. The number of ether oxygens (including phenoxy) is 1. The molecule has 0 saturated carbocycles. The van der Waals surface area contributed by atoms with Gasteiger partial charge in [-0.15, -0.1) is 0 Å². The Morgan fingerprint density at radius 3 is 2.61 bits per heavy atom. The summed E-state index contributed by atoms with van der Waals surface area (Å²) in [5, 5.41) is 10.00. The summed E-state index contributed by atoms with van der Waals surface area (Å²) >= 11 is 3.39. The molecule has 4 heteroatoms. The molecular weight excluding hydrogens is 294 g/mol. The van der Waals surface area contributed by atoms with Crippen LogP contribution in [-0.2, 0) is 0 Å². The fourth-order valence-electron chi connectivity index (χ4n) is 1.87. The van der Waals surface area contributed by atoms with E-state index in [2.05, 4.69) is 15.9 Å². The van der Waals surface area contributed by atoms with Gasteiger partial charge in [0, 0.05) is 10.0 Å². The number of rotatable bonds is 2. The summed E-state index contributed by atoms with van der Waals surface area (Å²) in [6.07, 6.45) is 0. The lowest BCUT2D eigenvalue weighted by Crippen LogP contribution is -1.96. The van der Waals surface area contributed by atoms with Crippen molar-refractivity contribution in [1.29, 1.82) is 0 Å². The van der Waals surface area contributed by atoms with E-state index in [1.54, 1.807) is 13.2 Å². The molecule has 2 aromatic rings. The second-order valence-electron chi connectivity index (χ2n) is 4.06. The minimum absolute atomic E-state index is 0.184. The predicted octanol–water partition coefficient (Wildman–Crippen LogP) is 3.72. The van der Waals surface area contributed by atoms with Crippen LogP contribution in [0.1, 0.15) is 5.56 Å². The molecule has 0 spiro atoms. The lowest BCUT2D eigenvalue weighted by molar-refractivity contribution is 0.416. The Morgan fingerprint density at radius 2 is 1.94 bits per heavy atom. The van der Waals surface area contributed by atoms with Crippen molar-refractivity contribution in [3.63, 3.8) is 0 Å². The van der Waals surface area contributed by atoms with E-state index < -0.39 is 0 Å². The monoisotopic (exact) mass is 307 g/mol. The van der Waals surface area contributed by atoms with E-state index in [1.807, 2.05) is 31.2 Å². The van der Waals surface area contributed by atoms with Crippen molar-refractivity contribution in [2.45, 2.75) is 6.92 Å². The van der Waals surface area contributed by atoms with Gasteiger partial charge in [-0.1, -0.05) is 11.6 Å². The molecule has 0 atom stereocenters. The van der Waals surface area contributed by atoms with E-state index in [-0.39, 0.29) is 5.75 Å². The van der Waals surface area contributed by atoms with Crippen molar-refractivity contribution in [1.82, 2.24) is 0 Å². The highest BCUT2D eigenvalue weighted by atomic mass is 79.9. The van der Waals surface area contributed by atoms with E-state index in [0.717, 1.165) is 10.0 Å². The standard InChI is InChI=1S/C14H14BrNO2/c1-8-3-5-11(17)9(7-8)13-12(18-2)6-4-10(15)14(13)16/h3-7,17H,16H2,1-2H3. The maximum absolute atomic E-state index is 10.00. The number of methoxy groups -OCH3 is 1. The van der Waals surface area contributed by atoms with Crippen LogP contribution in [0.25, 0.3) is 11.1 Å². The number of phenolic OH excluding ortho intramolecular Hbond substituents is 1. The summed E-state index contributed by atoms with van der Waals surface area (Å²) in [6, 6.07) is 9.03.